The molecule has 3 N–H and O–H groups in total. The van der Waals surface area contributed by atoms with Crippen molar-refractivity contribution in [3.63, 3.8) is 0 Å². The highest BCUT2D eigenvalue weighted by molar-refractivity contribution is 6.03. The second kappa shape index (κ2) is 25.5. The largest absolute Gasteiger partial charge is 0.497 e. The maximum absolute atomic E-state index is 14.4. The van der Waals surface area contributed by atoms with Gasteiger partial charge in [0.15, 0.2) is 0 Å². The topological polar surface area (TPSA) is 158 Å². The van der Waals surface area contributed by atoms with Crippen molar-refractivity contribution in [3.8, 4) is 23.0 Å². The van der Waals surface area contributed by atoms with E-state index in [2.05, 4.69) is 24.9 Å². The normalized spacial score (nSPS) is 22.6. The van der Waals surface area contributed by atoms with Crippen LogP contribution >= 0.6 is 0 Å². The Bertz CT molecular complexity index is 1940. The van der Waals surface area contributed by atoms with Gasteiger partial charge in [-0.2, -0.15) is 0 Å². The number of carbonyl (C=O) groups is 2. The number of unbranched alkanes of at least 4 members (excludes halogenated alkanes) is 10. The molecule has 366 valence electrons. The molecular formula is C53H79N3O10. The first-order valence-electron chi connectivity index (χ1n) is 24.6. The summed E-state index contributed by atoms with van der Waals surface area (Å²) in [6.45, 7) is 12.5. The lowest BCUT2D eigenvalue weighted by molar-refractivity contribution is -0.255. The van der Waals surface area contributed by atoms with Gasteiger partial charge in [0.25, 0.3) is 0 Å². The standard InChI is InChI=1S/C53H79N3O10/c1-9-11-12-13-14-15-16-17-18-25-48(59)56(6)47-36-44(55-66-52(3,4)5)41-33-37(23-19-21-30-57)40(24-20-22-31-58)49-42-34-39(27-29-45(42)65-53(47,50(41)49)63-32-10-2)64-51(60)54-43-28-26-38(61-7)35-46(43)62-8/h10,26-29,33-35,37,40,47,49-50,57-58H,2,9,11-25,30-32,36H2,1,3-8H3,(H,54,60). The molecule has 5 rings (SSSR count). The van der Waals surface area contributed by atoms with Crippen LogP contribution in [0.3, 0.4) is 0 Å². The van der Waals surface area contributed by atoms with Gasteiger partial charge in [-0.1, -0.05) is 88.4 Å². The maximum Gasteiger partial charge on any atom is 0.417 e. The zero-order valence-corrected chi connectivity index (χ0v) is 40.9. The molecule has 3 aliphatic rings. The summed E-state index contributed by atoms with van der Waals surface area (Å²) in [5, 5.41) is 27.6. The minimum Gasteiger partial charge on any atom is -0.497 e. The maximum atomic E-state index is 14.4. The fourth-order valence-corrected chi connectivity index (χ4v) is 10.1. The summed E-state index contributed by atoms with van der Waals surface area (Å²) in [7, 11) is 4.93. The summed E-state index contributed by atoms with van der Waals surface area (Å²) in [6, 6.07) is 9.92. The number of ether oxygens (including phenoxy) is 5. The highest BCUT2D eigenvalue weighted by Crippen LogP contribution is 2.62. The summed E-state index contributed by atoms with van der Waals surface area (Å²) in [6.07, 6.45) is 18.9. The molecule has 13 nitrogen and oxygen atoms in total. The van der Waals surface area contributed by atoms with Crippen LogP contribution in [0.25, 0.3) is 0 Å². The van der Waals surface area contributed by atoms with Gasteiger partial charge in [0, 0.05) is 50.7 Å². The van der Waals surface area contributed by atoms with Gasteiger partial charge in [-0.05, 0) is 101 Å². The van der Waals surface area contributed by atoms with Crippen molar-refractivity contribution in [2.24, 2.45) is 22.9 Å². The molecule has 1 fully saturated rings. The Kier molecular flexibility index (Phi) is 20.3. The number of fused-ring (bicyclic) bond motifs is 2. The molecule has 66 heavy (non-hydrogen) atoms. The molecule has 0 bridgehead atoms. The van der Waals surface area contributed by atoms with Gasteiger partial charge in [-0.3, -0.25) is 10.1 Å². The number of likely N-dealkylation sites (N-methyl/N-ethyl adjacent to an activating group) is 1. The number of benzene rings is 2. The molecule has 1 aliphatic heterocycles. The van der Waals surface area contributed by atoms with Gasteiger partial charge in [0.2, 0.25) is 11.7 Å². The molecule has 0 spiro atoms. The molecule has 6 unspecified atom stereocenters. The molecule has 1 heterocycles. The number of hydrogen-bond donors (Lipinski definition) is 3. The Hall–Kier alpha value is -4.59. The second-order valence-corrected chi connectivity index (χ2v) is 19.1. The van der Waals surface area contributed by atoms with E-state index in [1.807, 2.05) is 44.9 Å². The van der Waals surface area contributed by atoms with Crippen LogP contribution in [0.15, 0.2) is 65.9 Å². The van der Waals surface area contributed by atoms with E-state index in [0.29, 0.717) is 54.4 Å². The number of nitrogens with zero attached hydrogens (tertiary/aromatic N) is 2. The van der Waals surface area contributed by atoms with Gasteiger partial charge < -0.3 is 43.6 Å². The third kappa shape index (κ3) is 13.5. The fourth-order valence-electron chi connectivity index (χ4n) is 10.1. The first-order chi connectivity index (χ1) is 31.8. The molecule has 6 atom stereocenters. The molecule has 2 aliphatic carbocycles. The van der Waals surface area contributed by atoms with E-state index < -0.39 is 29.4 Å². The van der Waals surface area contributed by atoms with Crippen LogP contribution in [0.1, 0.15) is 148 Å². The van der Waals surface area contributed by atoms with Crippen LogP contribution in [0.5, 0.6) is 23.0 Å². The van der Waals surface area contributed by atoms with Crippen molar-refractivity contribution in [2.45, 2.75) is 160 Å². The highest BCUT2D eigenvalue weighted by atomic mass is 16.7. The van der Waals surface area contributed by atoms with Crippen LogP contribution in [-0.2, 0) is 14.4 Å². The Morgan fingerprint density at radius 3 is 2.24 bits per heavy atom. The monoisotopic (exact) mass is 918 g/mol. The van der Waals surface area contributed by atoms with Crippen LogP contribution in [0.2, 0.25) is 0 Å². The van der Waals surface area contributed by atoms with E-state index in [0.717, 1.165) is 61.8 Å². The van der Waals surface area contributed by atoms with Gasteiger partial charge in [0.1, 0.15) is 34.6 Å². The van der Waals surface area contributed by atoms with E-state index in [1.165, 1.54) is 45.6 Å². The second-order valence-electron chi connectivity index (χ2n) is 19.1. The lowest BCUT2D eigenvalue weighted by Gasteiger charge is -2.59. The van der Waals surface area contributed by atoms with Gasteiger partial charge in [-0.15, -0.1) is 6.58 Å². The first kappa shape index (κ1) is 52.4. The quantitative estimate of drug-likeness (QED) is 0.0447. The number of amides is 2. The molecule has 13 heteroatoms. The van der Waals surface area contributed by atoms with E-state index in [-0.39, 0.29) is 43.5 Å². The fraction of sp³-hybridized carbons (Fsp3) is 0.642. The van der Waals surface area contributed by atoms with Crippen molar-refractivity contribution in [2.75, 3.05) is 46.4 Å². The first-order valence-corrected chi connectivity index (χ1v) is 24.6. The number of aliphatic hydroxyl groups excluding tert-OH is 2. The molecule has 2 aromatic rings. The number of allylic oxidation sites excluding steroid dienone is 1. The summed E-state index contributed by atoms with van der Waals surface area (Å²) >= 11 is 0. The van der Waals surface area contributed by atoms with Crippen molar-refractivity contribution in [1.29, 1.82) is 0 Å². The molecule has 0 radical (unpaired) electrons. The summed E-state index contributed by atoms with van der Waals surface area (Å²) < 4.78 is 31.2. The SMILES string of the molecule is C=CCOC12Oc3ccc(OC(=O)Nc4ccc(OC)cc4OC)cc3C3C(CCCCO)C(CCCCO)C=C(C(=NOC(C)(C)C)CC1N(C)C(=O)CCCCCCCCCCC)C32. The Morgan fingerprint density at radius 2 is 1.59 bits per heavy atom. The Balaban J connectivity index is 1.60. The number of carbonyl (C=O) groups excluding carboxylic acids is 2. The lowest BCUT2D eigenvalue weighted by Crippen LogP contribution is -2.69. The highest BCUT2D eigenvalue weighted by Gasteiger charge is 2.65. The van der Waals surface area contributed by atoms with Crippen molar-refractivity contribution >= 4 is 23.4 Å². The van der Waals surface area contributed by atoms with Gasteiger partial charge in [0.05, 0.1) is 38.1 Å². The minimum absolute atomic E-state index is 0.0116. The van der Waals surface area contributed by atoms with E-state index >= 15 is 0 Å². The number of anilines is 1. The van der Waals surface area contributed by atoms with Crippen LogP contribution in [-0.4, -0.2) is 91.3 Å². The van der Waals surface area contributed by atoms with Gasteiger partial charge >= 0.3 is 6.09 Å². The molecule has 0 saturated heterocycles. The summed E-state index contributed by atoms with van der Waals surface area (Å²) in [4.78, 5) is 36.1. The molecule has 2 amide bonds. The molecule has 2 aromatic carbocycles. The third-order valence-corrected chi connectivity index (χ3v) is 13.3. The number of nitrogens with one attached hydrogen (secondary N) is 1. The van der Waals surface area contributed by atoms with Crippen LogP contribution in [0.4, 0.5) is 10.5 Å². The average Bonchev–Trinajstić information content (AvgIpc) is 3.30. The predicted octanol–water partition coefficient (Wildman–Crippen LogP) is 11.1. The minimum atomic E-state index is -1.36. The molecule has 0 aromatic heterocycles. The average molecular weight is 918 g/mol. The zero-order chi connectivity index (χ0) is 47.7. The van der Waals surface area contributed by atoms with Crippen molar-refractivity contribution < 1.29 is 48.3 Å². The Morgan fingerprint density at radius 1 is 0.909 bits per heavy atom. The van der Waals surface area contributed by atoms with Crippen LogP contribution in [0, 0.1) is 17.8 Å². The van der Waals surface area contributed by atoms with Crippen LogP contribution < -0.4 is 24.3 Å². The number of methoxy groups -OCH3 is 2. The summed E-state index contributed by atoms with van der Waals surface area (Å²) in [5.41, 5.74) is 2.35. The van der Waals surface area contributed by atoms with E-state index in [4.69, 9.17) is 33.7 Å². The predicted molar refractivity (Wildman–Crippen MR) is 260 cm³/mol. The Labute approximate surface area is 394 Å². The number of hydrogen-bond acceptors (Lipinski definition) is 11. The van der Waals surface area contributed by atoms with Crippen molar-refractivity contribution in [1.82, 2.24) is 4.90 Å². The number of oxime groups is 1. The lowest BCUT2D eigenvalue weighted by atomic mass is 9.55. The van der Waals surface area contributed by atoms with E-state index in [1.54, 1.807) is 37.5 Å². The van der Waals surface area contributed by atoms with Crippen molar-refractivity contribution in [3.05, 3.63) is 66.3 Å². The van der Waals surface area contributed by atoms with Gasteiger partial charge in [-0.25, -0.2) is 4.79 Å². The number of aliphatic hydroxyl groups is 2. The smallest absolute Gasteiger partial charge is 0.417 e. The summed E-state index contributed by atoms with van der Waals surface area (Å²) in [5.74, 6) is -0.158. The van der Waals surface area contributed by atoms with E-state index in [9.17, 15) is 19.8 Å². The molecular weight excluding hydrogens is 839 g/mol. The molecule has 1 saturated carbocycles. The number of rotatable bonds is 27. The zero-order valence-electron chi connectivity index (χ0n) is 40.9. The third-order valence-electron chi connectivity index (χ3n) is 13.3.